The number of rotatable bonds is 1. The van der Waals surface area contributed by atoms with Crippen LogP contribution in [0.25, 0.3) is 0 Å². The molecule has 1 heterocycles. The first-order valence-electron chi connectivity index (χ1n) is 5.72. The van der Waals surface area contributed by atoms with Crippen molar-refractivity contribution in [2.24, 2.45) is 11.3 Å². The normalized spacial score (nSPS) is 20.6. The van der Waals surface area contributed by atoms with Gasteiger partial charge in [-0.1, -0.05) is 20.8 Å². The van der Waals surface area contributed by atoms with Gasteiger partial charge in [-0.3, -0.25) is 0 Å². The zero-order chi connectivity index (χ0) is 11.9. The minimum Gasteiger partial charge on any atom is -0.478 e. The van der Waals surface area contributed by atoms with E-state index < -0.39 is 5.97 Å². The maximum absolute atomic E-state index is 11.0. The van der Waals surface area contributed by atoms with Crippen LogP contribution in [0.4, 0.5) is 0 Å². The van der Waals surface area contributed by atoms with Crippen LogP contribution < -0.4 is 0 Å². The zero-order valence-electron chi connectivity index (χ0n) is 10.0. The largest absolute Gasteiger partial charge is 0.478 e. The Hall–Kier alpha value is -0.830. The monoisotopic (exact) mass is 238 g/mol. The van der Waals surface area contributed by atoms with Crippen LogP contribution in [0.15, 0.2) is 5.38 Å². The molecule has 0 saturated heterocycles. The van der Waals surface area contributed by atoms with Gasteiger partial charge in [0.15, 0.2) is 0 Å². The average Bonchev–Trinajstić information content (AvgIpc) is 2.58. The molecule has 0 bridgehead atoms. The van der Waals surface area contributed by atoms with Crippen molar-refractivity contribution in [1.29, 1.82) is 0 Å². The first kappa shape index (κ1) is 11.6. The van der Waals surface area contributed by atoms with E-state index in [-0.39, 0.29) is 0 Å². The van der Waals surface area contributed by atoms with Crippen molar-refractivity contribution in [2.45, 2.75) is 40.0 Å². The summed E-state index contributed by atoms with van der Waals surface area (Å²) in [5.74, 6) is -0.0907. The fourth-order valence-electron chi connectivity index (χ4n) is 2.43. The molecule has 0 radical (unpaired) electrons. The van der Waals surface area contributed by atoms with Gasteiger partial charge in [-0.05, 0) is 36.2 Å². The number of fused-ring (bicyclic) bond motifs is 1. The van der Waals surface area contributed by atoms with Gasteiger partial charge in [0.05, 0.1) is 5.56 Å². The molecule has 0 amide bonds. The third-order valence-corrected chi connectivity index (χ3v) is 4.66. The molecule has 0 saturated carbocycles. The Labute approximate surface area is 100 Å². The summed E-state index contributed by atoms with van der Waals surface area (Å²) in [6.45, 7) is 6.82. The Bertz CT molecular complexity index is 412. The van der Waals surface area contributed by atoms with Crippen molar-refractivity contribution >= 4 is 17.3 Å². The van der Waals surface area contributed by atoms with E-state index in [1.54, 1.807) is 16.7 Å². The van der Waals surface area contributed by atoms with Crippen LogP contribution in [0.1, 0.15) is 48.0 Å². The van der Waals surface area contributed by atoms with Gasteiger partial charge in [0.1, 0.15) is 0 Å². The van der Waals surface area contributed by atoms with E-state index in [2.05, 4.69) is 20.8 Å². The van der Waals surface area contributed by atoms with E-state index >= 15 is 0 Å². The van der Waals surface area contributed by atoms with Gasteiger partial charge >= 0.3 is 5.97 Å². The van der Waals surface area contributed by atoms with Crippen molar-refractivity contribution in [3.8, 4) is 0 Å². The predicted octanol–water partition coefficient (Wildman–Crippen LogP) is 3.60. The van der Waals surface area contributed by atoms with Gasteiger partial charge in [-0.15, -0.1) is 11.3 Å². The smallest absolute Gasteiger partial charge is 0.336 e. The van der Waals surface area contributed by atoms with Gasteiger partial charge in [-0.25, -0.2) is 4.79 Å². The predicted molar refractivity (Wildman–Crippen MR) is 66.2 cm³/mol. The highest BCUT2D eigenvalue weighted by atomic mass is 32.1. The molecule has 88 valence electrons. The second-order valence-electron chi connectivity index (χ2n) is 5.66. The quantitative estimate of drug-likeness (QED) is 0.811. The minimum atomic E-state index is -0.772. The molecular formula is C13H18O2S. The van der Waals surface area contributed by atoms with Crippen LogP contribution in [0.2, 0.25) is 0 Å². The van der Waals surface area contributed by atoms with Gasteiger partial charge in [0.25, 0.3) is 0 Å². The van der Waals surface area contributed by atoms with Crippen LogP contribution >= 0.6 is 11.3 Å². The zero-order valence-corrected chi connectivity index (χ0v) is 10.9. The molecule has 0 aliphatic heterocycles. The molecule has 1 atom stereocenters. The number of carboxylic acid groups (broad SMARTS) is 1. The highest BCUT2D eigenvalue weighted by molar-refractivity contribution is 7.10. The van der Waals surface area contributed by atoms with Crippen LogP contribution in [0.5, 0.6) is 0 Å². The molecule has 1 aliphatic rings. The summed E-state index contributed by atoms with van der Waals surface area (Å²) >= 11 is 1.62. The van der Waals surface area contributed by atoms with Gasteiger partial charge in [0.2, 0.25) is 0 Å². The van der Waals surface area contributed by atoms with Crippen molar-refractivity contribution < 1.29 is 9.90 Å². The Morgan fingerprint density at radius 1 is 1.50 bits per heavy atom. The number of carboxylic acids is 1. The van der Waals surface area contributed by atoms with Gasteiger partial charge in [-0.2, -0.15) is 0 Å². The highest BCUT2D eigenvalue weighted by Gasteiger charge is 2.31. The van der Waals surface area contributed by atoms with Crippen molar-refractivity contribution in [3.05, 3.63) is 21.4 Å². The Kier molecular flexibility index (Phi) is 2.82. The second-order valence-corrected chi connectivity index (χ2v) is 6.63. The molecule has 1 aliphatic carbocycles. The second kappa shape index (κ2) is 3.88. The van der Waals surface area contributed by atoms with Crippen molar-refractivity contribution in [2.75, 3.05) is 0 Å². The first-order valence-corrected chi connectivity index (χ1v) is 6.60. The molecule has 0 spiro atoms. The maximum Gasteiger partial charge on any atom is 0.336 e. The lowest BCUT2D eigenvalue weighted by atomic mass is 9.72. The molecule has 1 aromatic rings. The highest BCUT2D eigenvalue weighted by Crippen LogP contribution is 2.40. The SMILES string of the molecule is CC(C)(C)[C@@H]1CCc2c(C(=O)O)csc2C1. The minimum absolute atomic E-state index is 0.324. The maximum atomic E-state index is 11.0. The Morgan fingerprint density at radius 3 is 2.75 bits per heavy atom. The van der Waals surface area contributed by atoms with Crippen LogP contribution in [0, 0.1) is 11.3 Å². The number of carbonyl (C=O) groups is 1. The van der Waals surface area contributed by atoms with Crippen LogP contribution in [-0.2, 0) is 12.8 Å². The van der Waals surface area contributed by atoms with E-state index in [0.717, 1.165) is 24.8 Å². The molecule has 3 heteroatoms. The molecule has 2 nitrogen and oxygen atoms in total. The molecule has 0 unspecified atom stereocenters. The standard InChI is InChI=1S/C13H18O2S/c1-13(2,3)8-4-5-9-10(12(14)15)7-16-11(9)6-8/h7-8H,4-6H2,1-3H3,(H,14,15)/t8-/m1/s1. The van der Waals surface area contributed by atoms with E-state index in [1.807, 2.05) is 0 Å². The third kappa shape index (κ3) is 2.01. The molecule has 1 aromatic heterocycles. The summed E-state index contributed by atoms with van der Waals surface area (Å²) in [5, 5.41) is 10.9. The van der Waals surface area contributed by atoms with Gasteiger partial charge < -0.3 is 5.11 Å². The third-order valence-electron chi connectivity index (χ3n) is 3.61. The summed E-state index contributed by atoms with van der Waals surface area (Å²) in [4.78, 5) is 12.3. The lowest BCUT2D eigenvalue weighted by molar-refractivity contribution is 0.0695. The van der Waals surface area contributed by atoms with Crippen molar-refractivity contribution in [1.82, 2.24) is 0 Å². The summed E-state index contributed by atoms with van der Waals surface area (Å²) in [6, 6.07) is 0. The van der Waals surface area contributed by atoms with Crippen LogP contribution in [-0.4, -0.2) is 11.1 Å². The van der Waals surface area contributed by atoms with E-state index in [4.69, 9.17) is 5.11 Å². The molecular weight excluding hydrogens is 220 g/mol. The number of thiophene rings is 1. The van der Waals surface area contributed by atoms with Crippen molar-refractivity contribution in [3.63, 3.8) is 0 Å². The number of aromatic carboxylic acids is 1. The van der Waals surface area contributed by atoms with E-state index in [0.29, 0.717) is 16.9 Å². The molecule has 1 N–H and O–H groups in total. The topological polar surface area (TPSA) is 37.3 Å². The number of hydrogen-bond acceptors (Lipinski definition) is 2. The summed E-state index contributed by atoms with van der Waals surface area (Å²) in [7, 11) is 0. The Morgan fingerprint density at radius 2 is 2.19 bits per heavy atom. The Balaban J connectivity index is 2.27. The first-order chi connectivity index (χ1) is 7.39. The van der Waals surface area contributed by atoms with E-state index in [1.165, 1.54) is 4.88 Å². The van der Waals surface area contributed by atoms with Gasteiger partial charge in [0, 0.05) is 10.3 Å². The molecule has 16 heavy (non-hydrogen) atoms. The summed E-state index contributed by atoms with van der Waals surface area (Å²) in [6.07, 6.45) is 3.10. The van der Waals surface area contributed by atoms with Crippen LogP contribution in [0.3, 0.4) is 0 Å². The lowest BCUT2D eigenvalue weighted by Gasteiger charge is -2.33. The summed E-state index contributed by atoms with van der Waals surface area (Å²) < 4.78 is 0. The van der Waals surface area contributed by atoms with E-state index in [9.17, 15) is 4.79 Å². The summed E-state index contributed by atoms with van der Waals surface area (Å²) in [5.41, 5.74) is 1.95. The fourth-order valence-corrected chi connectivity index (χ4v) is 3.59. The average molecular weight is 238 g/mol. The fraction of sp³-hybridized carbons (Fsp3) is 0.615. The molecule has 0 fully saturated rings. The lowest BCUT2D eigenvalue weighted by Crippen LogP contribution is -2.26. The number of hydrogen-bond donors (Lipinski definition) is 1. The molecule has 2 rings (SSSR count). The molecule has 0 aromatic carbocycles.